The van der Waals surface area contributed by atoms with Gasteiger partial charge in [0.2, 0.25) is 0 Å². The van der Waals surface area contributed by atoms with Crippen molar-refractivity contribution in [3.63, 3.8) is 0 Å². The van der Waals surface area contributed by atoms with Crippen LogP contribution in [0.2, 0.25) is 0 Å². The van der Waals surface area contributed by atoms with E-state index in [0.29, 0.717) is 0 Å². The lowest BCUT2D eigenvalue weighted by Gasteiger charge is -2.29. The Morgan fingerprint density at radius 2 is 2.11 bits per heavy atom. The molecule has 1 aromatic rings. The lowest BCUT2D eigenvalue weighted by molar-refractivity contribution is 0.216. The largest absolute Gasteiger partial charge is 0.315 e. The van der Waals surface area contributed by atoms with E-state index in [0.717, 1.165) is 25.4 Å². The molecule has 0 bridgehead atoms. The van der Waals surface area contributed by atoms with E-state index in [4.69, 9.17) is 0 Å². The van der Waals surface area contributed by atoms with Crippen molar-refractivity contribution in [2.24, 2.45) is 5.92 Å². The summed E-state index contributed by atoms with van der Waals surface area (Å²) in [6.07, 6.45) is 9.61. The Bertz CT molecular complexity index is 445. The van der Waals surface area contributed by atoms with Crippen molar-refractivity contribution in [3.05, 3.63) is 20.2 Å². The fourth-order valence-corrected chi connectivity index (χ4v) is 4.15. The molecule has 0 amide bonds. The molecule has 1 aliphatic heterocycles. The van der Waals surface area contributed by atoms with Crippen LogP contribution in [0, 0.1) is 5.92 Å². The molecule has 0 spiro atoms. The summed E-state index contributed by atoms with van der Waals surface area (Å²) in [7, 11) is 0. The van der Waals surface area contributed by atoms with Gasteiger partial charge in [0.25, 0.3) is 0 Å². The highest BCUT2D eigenvalue weighted by atomic mass is 32.1. The summed E-state index contributed by atoms with van der Waals surface area (Å²) < 4.78 is 0. The second-order valence-electron chi connectivity index (χ2n) is 5.74. The van der Waals surface area contributed by atoms with Crippen LogP contribution in [0.1, 0.15) is 49.1 Å². The van der Waals surface area contributed by atoms with Crippen LogP contribution in [-0.4, -0.2) is 23.0 Å². The third-order valence-electron chi connectivity index (χ3n) is 4.42. The first-order valence-corrected chi connectivity index (χ1v) is 8.06. The minimum atomic E-state index is 0.120. The van der Waals surface area contributed by atoms with Gasteiger partial charge in [-0.3, -0.25) is 9.69 Å². The maximum Gasteiger partial charge on any atom is 0.304 e. The Morgan fingerprint density at radius 3 is 2.94 bits per heavy atom. The van der Waals surface area contributed by atoms with Crippen LogP contribution in [0.4, 0.5) is 0 Å². The van der Waals surface area contributed by atoms with Gasteiger partial charge in [-0.25, -0.2) is 0 Å². The van der Waals surface area contributed by atoms with Crippen LogP contribution in [0.15, 0.2) is 4.79 Å². The molecule has 4 heteroatoms. The summed E-state index contributed by atoms with van der Waals surface area (Å²) in [5.74, 6) is 0.960. The highest BCUT2D eigenvalue weighted by molar-refractivity contribution is 7.09. The lowest BCUT2D eigenvalue weighted by atomic mass is 9.87. The van der Waals surface area contributed by atoms with Crippen molar-refractivity contribution in [1.29, 1.82) is 0 Å². The van der Waals surface area contributed by atoms with Gasteiger partial charge in [0.1, 0.15) is 0 Å². The number of aromatic nitrogens is 1. The molecule has 3 nitrogen and oxygen atoms in total. The number of thiazole rings is 1. The van der Waals surface area contributed by atoms with E-state index in [-0.39, 0.29) is 4.87 Å². The molecule has 1 fully saturated rings. The van der Waals surface area contributed by atoms with Gasteiger partial charge in [0.15, 0.2) is 0 Å². The van der Waals surface area contributed by atoms with Gasteiger partial charge in [-0.1, -0.05) is 43.4 Å². The molecule has 0 atom stereocenters. The lowest BCUT2D eigenvalue weighted by Crippen LogP contribution is -2.32. The van der Waals surface area contributed by atoms with Gasteiger partial charge < -0.3 is 4.98 Å². The Hall–Kier alpha value is -0.610. The van der Waals surface area contributed by atoms with Crippen molar-refractivity contribution in [2.45, 2.75) is 51.5 Å². The second-order valence-corrected chi connectivity index (χ2v) is 6.80. The summed E-state index contributed by atoms with van der Waals surface area (Å²) in [4.78, 5) is 18.2. The molecule has 100 valence electrons. The summed E-state index contributed by atoms with van der Waals surface area (Å²) in [6.45, 7) is 3.30. The molecule has 0 radical (unpaired) electrons. The zero-order valence-electron chi connectivity index (χ0n) is 10.9. The predicted molar refractivity (Wildman–Crippen MR) is 75.1 cm³/mol. The average molecular weight is 266 g/mol. The number of H-pyrrole nitrogens is 1. The second kappa shape index (κ2) is 5.57. The standard InChI is InChI=1S/C14H22N2OS/c17-14-15-12-10-16(9-7-13(12)18-14)8-6-11-4-2-1-3-5-11/h11H,1-10H2,(H,15,17). The third kappa shape index (κ3) is 2.86. The van der Waals surface area contributed by atoms with Crippen LogP contribution < -0.4 is 4.87 Å². The zero-order chi connectivity index (χ0) is 12.4. The third-order valence-corrected chi connectivity index (χ3v) is 5.40. The van der Waals surface area contributed by atoms with Crippen molar-refractivity contribution in [3.8, 4) is 0 Å². The Kier molecular flexibility index (Phi) is 3.85. The van der Waals surface area contributed by atoms with Crippen LogP contribution in [0.25, 0.3) is 0 Å². The van der Waals surface area contributed by atoms with Crippen LogP contribution in [0.3, 0.4) is 0 Å². The van der Waals surface area contributed by atoms with Crippen molar-refractivity contribution < 1.29 is 0 Å². The molecule has 1 saturated carbocycles. The zero-order valence-corrected chi connectivity index (χ0v) is 11.7. The minimum Gasteiger partial charge on any atom is -0.315 e. The normalized spacial score (nSPS) is 22.0. The molecule has 1 aliphatic carbocycles. The van der Waals surface area contributed by atoms with Gasteiger partial charge >= 0.3 is 4.87 Å². The van der Waals surface area contributed by atoms with Crippen molar-refractivity contribution >= 4 is 11.3 Å². The van der Waals surface area contributed by atoms with Gasteiger partial charge in [-0.15, -0.1) is 0 Å². The molecule has 18 heavy (non-hydrogen) atoms. The molecule has 0 saturated heterocycles. The monoisotopic (exact) mass is 266 g/mol. The number of hydrogen-bond acceptors (Lipinski definition) is 3. The first kappa shape index (κ1) is 12.4. The first-order valence-electron chi connectivity index (χ1n) is 7.24. The smallest absolute Gasteiger partial charge is 0.304 e. The molecule has 2 heterocycles. The Labute approximate surface area is 112 Å². The first-order chi connectivity index (χ1) is 8.81. The molecule has 3 rings (SSSR count). The Balaban J connectivity index is 1.51. The number of aromatic amines is 1. The van der Waals surface area contributed by atoms with E-state index in [9.17, 15) is 4.79 Å². The molecule has 2 aliphatic rings. The average Bonchev–Trinajstić information content (AvgIpc) is 2.77. The van der Waals surface area contributed by atoms with Crippen LogP contribution >= 0.6 is 11.3 Å². The van der Waals surface area contributed by atoms with E-state index >= 15 is 0 Å². The van der Waals surface area contributed by atoms with Crippen molar-refractivity contribution in [2.75, 3.05) is 13.1 Å². The summed E-state index contributed by atoms with van der Waals surface area (Å²) in [5, 5.41) is 0. The predicted octanol–water partition coefficient (Wildman–Crippen LogP) is 2.76. The van der Waals surface area contributed by atoms with E-state index in [2.05, 4.69) is 9.88 Å². The maximum atomic E-state index is 11.3. The molecule has 1 N–H and O–H groups in total. The molecular formula is C14H22N2OS. The van der Waals surface area contributed by atoms with E-state index < -0.39 is 0 Å². The minimum absolute atomic E-state index is 0.120. The fraction of sp³-hybridized carbons (Fsp3) is 0.786. The fourth-order valence-electron chi connectivity index (χ4n) is 3.32. The van der Waals surface area contributed by atoms with E-state index in [1.807, 2.05) is 0 Å². The molecule has 1 aromatic heterocycles. The highest BCUT2D eigenvalue weighted by Gasteiger charge is 2.20. The number of nitrogens with zero attached hydrogens (tertiary/aromatic N) is 1. The van der Waals surface area contributed by atoms with E-state index in [1.165, 1.54) is 67.0 Å². The number of rotatable bonds is 3. The Morgan fingerprint density at radius 1 is 1.28 bits per heavy atom. The maximum absolute atomic E-state index is 11.3. The topological polar surface area (TPSA) is 36.1 Å². The molecule has 0 unspecified atom stereocenters. The highest BCUT2D eigenvalue weighted by Crippen LogP contribution is 2.27. The summed E-state index contributed by atoms with van der Waals surface area (Å²) in [5.41, 5.74) is 1.18. The number of fused-ring (bicyclic) bond motifs is 1. The SMILES string of the molecule is O=c1[nH]c2c(s1)CCN(CCC1CCCCC1)C2. The van der Waals surface area contributed by atoms with Crippen LogP contribution in [0.5, 0.6) is 0 Å². The number of hydrogen-bond donors (Lipinski definition) is 1. The summed E-state index contributed by atoms with van der Waals surface area (Å²) >= 11 is 1.40. The molecule has 0 aromatic carbocycles. The van der Waals surface area contributed by atoms with Crippen molar-refractivity contribution in [1.82, 2.24) is 9.88 Å². The summed E-state index contributed by atoms with van der Waals surface area (Å²) in [6, 6.07) is 0. The van der Waals surface area contributed by atoms with Gasteiger partial charge in [-0.05, 0) is 25.3 Å². The van der Waals surface area contributed by atoms with Gasteiger partial charge in [-0.2, -0.15) is 0 Å². The van der Waals surface area contributed by atoms with Crippen LogP contribution in [-0.2, 0) is 13.0 Å². The molecular weight excluding hydrogens is 244 g/mol. The number of nitrogens with one attached hydrogen (secondary N) is 1. The van der Waals surface area contributed by atoms with E-state index in [1.54, 1.807) is 0 Å². The quantitative estimate of drug-likeness (QED) is 0.913. The van der Waals surface area contributed by atoms with Gasteiger partial charge in [0, 0.05) is 23.7 Å². The van der Waals surface area contributed by atoms with Gasteiger partial charge in [0.05, 0.1) is 0 Å².